The topological polar surface area (TPSA) is 136 Å². The molecule has 292 valence electrons. The van der Waals surface area contributed by atoms with Gasteiger partial charge in [0.1, 0.15) is 28.6 Å². The van der Waals surface area contributed by atoms with Gasteiger partial charge in [-0.2, -0.15) is 18.3 Å². The van der Waals surface area contributed by atoms with E-state index in [4.69, 9.17) is 14.6 Å². The highest BCUT2D eigenvalue weighted by Gasteiger charge is 2.33. The van der Waals surface area contributed by atoms with Crippen LogP contribution in [0.1, 0.15) is 88.7 Å². The second-order valence-electron chi connectivity index (χ2n) is 14.4. The van der Waals surface area contributed by atoms with Gasteiger partial charge in [-0.1, -0.05) is 36.8 Å². The molecule has 1 fully saturated rings. The van der Waals surface area contributed by atoms with E-state index in [1.807, 2.05) is 35.1 Å². The SMILES string of the molecule is COc1cc2nn(C3CCC(CNCCCCCc4ccc(Oc5cccc6c5C(=O)NC(=O)C6)cc4)CC3)cc2cc1NC(=O)c1cccc(C(F)(F)F)n1. The molecule has 56 heavy (non-hydrogen) atoms. The largest absolute Gasteiger partial charge is 0.494 e. The number of carbonyl (C=O) groups is 3. The summed E-state index contributed by atoms with van der Waals surface area (Å²) < 4.78 is 52.8. The van der Waals surface area contributed by atoms with Gasteiger partial charge in [-0.15, -0.1) is 0 Å². The van der Waals surface area contributed by atoms with Crippen molar-refractivity contribution in [2.75, 3.05) is 25.5 Å². The highest BCUT2D eigenvalue weighted by molar-refractivity contribution is 6.11. The number of aryl methyl sites for hydroxylation is 1. The summed E-state index contributed by atoms with van der Waals surface area (Å²) in [6.07, 6.45) is 5.88. The Morgan fingerprint density at radius 1 is 0.946 bits per heavy atom. The number of hydrogen-bond donors (Lipinski definition) is 3. The van der Waals surface area contributed by atoms with Gasteiger partial charge in [0.15, 0.2) is 0 Å². The molecule has 3 aromatic carbocycles. The predicted octanol–water partition coefficient (Wildman–Crippen LogP) is 8.05. The summed E-state index contributed by atoms with van der Waals surface area (Å²) in [6.45, 7) is 1.96. The summed E-state index contributed by atoms with van der Waals surface area (Å²) >= 11 is 0. The van der Waals surface area contributed by atoms with E-state index < -0.39 is 23.7 Å². The van der Waals surface area contributed by atoms with Crippen molar-refractivity contribution in [2.24, 2.45) is 5.92 Å². The van der Waals surface area contributed by atoms with Crippen molar-refractivity contribution < 1.29 is 37.0 Å². The van der Waals surface area contributed by atoms with Crippen molar-refractivity contribution in [1.29, 1.82) is 0 Å². The molecule has 1 aliphatic carbocycles. The van der Waals surface area contributed by atoms with E-state index in [0.29, 0.717) is 45.5 Å². The van der Waals surface area contributed by atoms with Gasteiger partial charge >= 0.3 is 6.18 Å². The van der Waals surface area contributed by atoms with Crippen LogP contribution in [0, 0.1) is 5.92 Å². The maximum atomic E-state index is 13.1. The molecule has 0 unspecified atom stereocenters. The number of anilines is 1. The van der Waals surface area contributed by atoms with Gasteiger partial charge in [0.2, 0.25) is 5.91 Å². The lowest BCUT2D eigenvalue weighted by atomic mass is 9.86. The van der Waals surface area contributed by atoms with E-state index in [2.05, 4.69) is 20.9 Å². The van der Waals surface area contributed by atoms with Crippen LogP contribution in [-0.4, -0.2) is 52.7 Å². The molecule has 2 aliphatic rings. The number of carbonyl (C=O) groups excluding carboxylic acids is 3. The van der Waals surface area contributed by atoms with Crippen molar-refractivity contribution in [3.05, 3.63) is 107 Å². The molecule has 0 saturated heterocycles. The fourth-order valence-corrected chi connectivity index (χ4v) is 7.43. The lowest BCUT2D eigenvalue weighted by Crippen LogP contribution is -2.37. The first kappa shape index (κ1) is 38.5. The Hall–Kier alpha value is -5.76. The summed E-state index contributed by atoms with van der Waals surface area (Å²) in [5, 5.41) is 14.2. The third-order valence-corrected chi connectivity index (χ3v) is 10.4. The van der Waals surface area contributed by atoms with Gasteiger partial charge < -0.3 is 20.1 Å². The summed E-state index contributed by atoms with van der Waals surface area (Å²) in [6, 6.07) is 20.1. The minimum absolute atomic E-state index is 0.159. The molecule has 0 radical (unpaired) electrons. The molecule has 0 bridgehead atoms. The van der Waals surface area contributed by atoms with Gasteiger partial charge in [-0.05, 0) is 111 Å². The Morgan fingerprint density at radius 3 is 2.50 bits per heavy atom. The van der Waals surface area contributed by atoms with Crippen LogP contribution in [0.25, 0.3) is 10.9 Å². The van der Waals surface area contributed by atoms with E-state index in [1.54, 1.807) is 30.3 Å². The Labute approximate surface area is 322 Å². The molecule has 5 aromatic rings. The standard InChI is InChI=1S/C42H43F3N6O5/c1-55-36-23-33-29(21-34(36)48-40(53)32-9-6-11-37(47-32)42(43,44)45)25-51(50-33)30-16-12-27(13-17-30)24-46-20-4-2-3-7-26-14-18-31(19-15-26)56-35-10-5-8-28-22-38(52)49-41(54)39(28)35/h5-6,8-11,14-15,18-19,21,23,25,27,30,46H,2-4,7,12-13,16-17,20,22,24H2,1H3,(H,48,53)(H,49,52,54). The van der Waals surface area contributed by atoms with Crippen molar-refractivity contribution in [1.82, 2.24) is 25.4 Å². The molecule has 3 N–H and O–H groups in total. The Morgan fingerprint density at radius 2 is 1.73 bits per heavy atom. The zero-order chi connectivity index (χ0) is 39.2. The summed E-state index contributed by atoms with van der Waals surface area (Å²) in [4.78, 5) is 40.4. The third kappa shape index (κ3) is 9.19. The lowest BCUT2D eigenvalue weighted by molar-refractivity contribution is -0.141. The number of rotatable bonds is 14. The summed E-state index contributed by atoms with van der Waals surface area (Å²) in [5.74, 6) is 0.512. The first-order valence-corrected chi connectivity index (χ1v) is 18.9. The molecule has 0 spiro atoms. The Kier molecular flexibility index (Phi) is 11.7. The number of unbranched alkanes of at least 4 members (excludes halogenated alkanes) is 2. The second-order valence-corrected chi connectivity index (χ2v) is 14.4. The molecular formula is C42H43F3N6O5. The Balaban J connectivity index is 0.814. The van der Waals surface area contributed by atoms with Crippen molar-refractivity contribution in [2.45, 2.75) is 70.0 Å². The van der Waals surface area contributed by atoms with Crippen molar-refractivity contribution in [3.63, 3.8) is 0 Å². The normalized spacial score (nSPS) is 17.0. The van der Waals surface area contributed by atoms with Gasteiger partial charge in [-0.3, -0.25) is 24.4 Å². The van der Waals surface area contributed by atoms with Crippen LogP contribution < -0.4 is 25.4 Å². The smallest absolute Gasteiger partial charge is 0.433 e. The molecule has 0 atom stereocenters. The fraction of sp³-hybridized carbons (Fsp3) is 0.357. The van der Waals surface area contributed by atoms with Crippen LogP contribution in [0.4, 0.5) is 18.9 Å². The second kappa shape index (κ2) is 16.9. The van der Waals surface area contributed by atoms with Crippen LogP contribution in [0.15, 0.2) is 79.0 Å². The number of methoxy groups -OCH3 is 1. The van der Waals surface area contributed by atoms with E-state index in [1.165, 1.54) is 18.7 Å². The van der Waals surface area contributed by atoms with Crippen LogP contribution in [0.3, 0.4) is 0 Å². The zero-order valence-electron chi connectivity index (χ0n) is 31.0. The third-order valence-electron chi connectivity index (χ3n) is 10.4. The number of pyridine rings is 1. The monoisotopic (exact) mass is 768 g/mol. The zero-order valence-corrected chi connectivity index (χ0v) is 31.0. The molecule has 2 aromatic heterocycles. The highest BCUT2D eigenvalue weighted by atomic mass is 19.4. The first-order valence-electron chi connectivity index (χ1n) is 18.9. The number of aromatic nitrogens is 3. The molecule has 1 saturated carbocycles. The van der Waals surface area contributed by atoms with Crippen LogP contribution in [0.5, 0.6) is 17.2 Å². The van der Waals surface area contributed by atoms with E-state index in [-0.39, 0.29) is 24.1 Å². The average molecular weight is 769 g/mol. The maximum Gasteiger partial charge on any atom is 0.433 e. The van der Waals surface area contributed by atoms with Gasteiger partial charge in [0.05, 0.1) is 36.3 Å². The molecule has 14 heteroatoms. The lowest BCUT2D eigenvalue weighted by Gasteiger charge is -2.28. The number of halogens is 3. The molecule has 3 amide bonds. The molecule has 7 rings (SSSR count). The van der Waals surface area contributed by atoms with Crippen molar-refractivity contribution >= 4 is 34.3 Å². The predicted molar refractivity (Wildman–Crippen MR) is 204 cm³/mol. The average Bonchev–Trinajstić information content (AvgIpc) is 3.60. The Bertz CT molecular complexity index is 2210. The fourth-order valence-electron chi connectivity index (χ4n) is 7.43. The minimum Gasteiger partial charge on any atom is -0.494 e. The van der Waals surface area contributed by atoms with Crippen LogP contribution in [0.2, 0.25) is 0 Å². The number of fused-ring (bicyclic) bond motifs is 2. The number of hydrogen-bond acceptors (Lipinski definition) is 8. The number of ether oxygens (including phenoxy) is 2. The van der Waals surface area contributed by atoms with Crippen molar-refractivity contribution in [3.8, 4) is 17.2 Å². The van der Waals surface area contributed by atoms with Gasteiger partial charge in [0.25, 0.3) is 11.8 Å². The van der Waals surface area contributed by atoms with Crippen LogP contribution >= 0.6 is 0 Å². The van der Waals surface area contributed by atoms with Gasteiger partial charge in [-0.25, -0.2) is 4.98 Å². The van der Waals surface area contributed by atoms with E-state index in [9.17, 15) is 27.6 Å². The number of nitrogens with zero attached hydrogens (tertiary/aromatic N) is 3. The van der Waals surface area contributed by atoms with E-state index in [0.717, 1.165) is 82.0 Å². The number of nitrogens with one attached hydrogen (secondary N) is 3. The maximum absolute atomic E-state index is 13.1. The minimum atomic E-state index is -4.66. The molecule has 1 aliphatic heterocycles. The van der Waals surface area contributed by atoms with Crippen LogP contribution in [-0.2, 0) is 23.8 Å². The highest BCUT2D eigenvalue weighted by Crippen LogP contribution is 2.36. The first-order chi connectivity index (χ1) is 27.0. The molecule has 3 heterocycles. The van der Waals surface area contributed by atoms with Gasteiger partial charge in [0, 0.05) is 17.6 Å². The number of benzene rings is 3. The van der Waals surface area contributed by atoms with E-state index >= 15 is 0 Å². The molecule has 11 nitrogen and oxygen atoms in total. The summed E-state index contributed by atoms with van der Waals surface area (Å²) in [7, 11) is 1.46. The number of imide groups is 1. The quantitative estimate of drug-likeness (QED) is 0.0763. The number of alkyl halides is 3. The number of amides is 3. The summed E-state index contributed by atoms with van der Waals surface area (Å²) in [5.41, 5.74) is 1.84. The molecular weight excluding hydrogens is 725 g/mol.